The van der Waals surface area contributed by atoms with Gasteiger partial charge in [-0.1, -0.05) is 73.5 Å². The lowest BCUT2D eigenvalue weighted by Gasteiger charge is -2.59. The highest BCUT2D eigenvalue weighted by molar-refractivity contribution is 5.26. The maximum Gasteiger partial charge on any atom is -0.00849 e. The first-order chi connectivity index (χ1) is 13.9. The number of rotatable bonds is 4. The summed E-state index contributed by atoms with van der Waals surface area (Å²) >= 11 is 0. The topological polar surface area (TPSA) is 0 Å². The van der Waals surface area contributed by atoms with E-state index < -0.39 is 0 Å². The van der Waals surface area contributed by atoms with Crippen LogP contribution in [0, 0.1) is 51.2 Å². The molecule has 172 valence electrons. The summed E-state index contributed by atoms with van der Waals surface area (Å²) in [6, 6.07) is 0. The van der Waals surface area contributed by atoms with Crippen LogP contribution in [-0.2, 0) is 0 Å². The van der Waals surface area contributed by atoms with Gasteiger partial charge < -0.3 is 0 Å². The largest absolute Gasteiger partial charge is 0.0845 e. The Hall–Kier alpha value is -0.260. The lowest BCUT2D eigenvalue weighted by Crippen LogP contribution is -2.51. The van der Waals surface area contributed by atoms with E-state index in [1.807, 2.05) is 5.57 Å². The van der Waals surface area contributed by atoms with E-state index in [9.17, 15) is 0 Å². The summed E-state index contributed by atoms with van der Waals surface area (Å²) in [5.41, 5.74) is 4.07. The van der Waals surface area contributed by atoms with Gasteiger partial charge >= 0.3 is 0 Å². The normalized spacial score (nSPS) is 47.1. The molecule has 0 unspecified atom stereocenters. The average molecular weight is 413 g/mol. The summed E-state index contributed by atoms with van der Waals surface area (Å²) in [6.45, 7) is 20.3. The van der Waals surface area contributed by atoms with Crippen LogP contribution in [-0.4, -0.2) is 0 Å². The molecule has 0 heterocycles. The minimum Gasteiger partial charge on any atom is -0.0845 e. The molecule has 8 atom stereocenters. The van der Waals surface area contributed by atoms with Crippen LogP contribution in [0.2, 0.25) is 0 Å². The third-order valence-electron chi connectivity index (χ3n) is 11.5. The van der Waals surface area contributed by atoms with Crippen molar-refractivity contribution in [3.05, 3.63) is 11.6 Å². The van der Waals surface area contributed by atoms with Crippen molar-refractivity contribution in [2.45, 2.75) is 126 Å². The Kier molecular flexibility index (Phi) is 5.85. The Morgan fingerprint density at radius 3 is 2.40 bits per heavy atom. The second-order valence-electron chi connectivity index (χ2n) is 14.4. The van der Waals surface area contributed by atoms with Crippen LogP contribution >= 0.6 is 0 Å². The van der Waals surface area contributed by atoms with Gasteiger partial charge in [0.1, 0.15) is 0 Å². The lowest BCUT2D eigenvalue weighted by atomic mass is 9.45. The average Bonchev–Trinajstić information content (AvgIpc) is 3.03. The molecule has 0 aromatic carbocycles. The van der Waals surface area contributed by atoms with Crippen molar-refractivity contribution in [1.82, 2.24) is 0 Å². The smallest absolute Gasteiger partial charge is 0.00849 e. The molecule has 4 aliphatic rings. The molecule has 0 aromatic rings. The number of hydrogen-bond donors (Lipinski definition) is 0. The molecule has 0 bridgehead atoms. The van der Waals surface area contributed by atoms with Crippen molar-refractivity contribution in [3.63, 3.8) is 0 Å². The molecule has 0 aliphatic heterocycles. The quantitative estimate of drug-likeness (QED) is 0.403. The predicted molar refractivity (Wildman–Crippen MR) is 131 cm³/mol. The molecule has 3 saturated carbocycles. The van der Waals surface area contributed by atoms with E-state index in [0.717, 1.165) is 29.6 Å². The van der Waals surface area contributed by atoms with Crippen molar-refractivity contribution in [1.29, 1.82) is 0 Å². The molecule has 0 nitrogen and oxygen atoms in total. The van der Waals surface area contributed by atoms with Crippen LogP contribution in [0.1, 0.15) is 126 Å². The summed E-state index contributed by atoms with van der Waals surface area (Å²) in [5, 5.41) is 0. The highest BCUT2D eigenvalue weighted by Gasteiger charge is 2.59. The van der Waals surface area contributed by atoms with Crippen LogP contribution in [0.5, 0.6) is 0 Å². The fraction of sp³-hybridized carbons (Fsp3) is 0.933. The molecular weight excluding hydrogens is 360 g/mol. The predicted octanol–water partition coefficient (Wildman–Crippen LogP) is 9.44. The molecule has 0 heteroatoms. The highest BCUT2D eigenvalue weighted by Crippen LogP contribution is 2.68. The molecule has 0 aromatic heterocycles. The Morgan fingerprint density at radius 2 is 1.73 bits per heavy atom. The van der Waals surface area contributed by atoms with Crippen molar-refractivity contribution in [2.24, 2.45) is 51.2 Å². The van der Waals surface area contributed by atoms with E-state index in [2.05, 4.69) is 61.5 Å². The molecule has 0 spiro atoms. The second-order valence-corrected chi connectivity index (χ2v) is 14.4. The van der Waals surface area contributed by atoms with Gasteiger partial charge in [0.15, 0.2) is 0 Å². The van der Waals surface area contributed by atoms with Gasteiger partial charge in [-0.3, -0.25) is 0 Å². The van der Waals surface area contributed by atoms with Crippen molar-refractivity contribution < 1.29 is 0 Å². The molecule has 0 radical (unpaired) electrons. The molecule has 0 amide bonds. The number of hydrogen-bond acceptors (Lipinski definition) is 0. The van der Waals surface area contributed by atoms with Gasteiger partial charge in [0.25, 0.3) is 0 Å². The van der Waals surface area contributed by atoms with E-state index in [1.54, 1.807) is 0 Å². The van der Waals surface area contributed by atoms with Gasteiger partial charge in [0, 0.05) is 0 Å². The van der Waals surface area contributed by atoms with Gasteiger partial charge in [0.2, 0.25) is 0 Å². The van der Waals surface area contributed by atoms with E-state index in [-0.39, 0.29) is 0 Å². The standard InChI is InChI=1S/C30H52/c1-9-28(6)18-19-29(7)22(20-28)10-11-23-25-13-12-24(21(2)14-16-27(3,4)5)30(25,8)17-15-26(23)29/h10,21,23-26H,9,11-20H2,1-8H3/t21-,23+,24-,25+,26+,28-,29+,30-/m1/s1. The SMILES string of the molecule is CC[C@]1(C)CC[C@@]2(C)C(=CC[C@H]3[C@@H]4CC[C@H]([C@H](C)CCC(C)(C)C)[C@@]4(C)CC[C@@H]32)C1. The van der Waals surface area contributed by atoms with Crippen LogP contribution in [0.4, 0.5) is 0 Å². The third kappa shape index (κ3) is 3.75. The van der Waals surface area contributed by atoms with E-state index in [4.69, 9.17) is 0 Å². The Labute approximate surface area is 189 Å². The molecule has 0 saturated heterocycles. The summed E-state index contributed by atoms with van der Waals surface area (Å²) in [6.07, 6.45) is 18.7. The maximum absolute atomic E-state index is 2.77. The summed E-state index contributed by atoms with van der Waals surface area (Å²) in [4.78, 5) is 0. The third-order valence-corrected chi connectivity index (χ3v) is 11.5. The monoisotopic (exact) mass is 412 g/mol. The van der Waals surface area contributed by atoms with Gasteiger partial charge in [-0.2, -0.15) is 0 Å². The highest BCUT2D eigenvalue weighted by atomic mass is 14.6. The zero-order valence-corrected chi connectivity index (χ0v) is 21.7. The first-order valence-corrected chi connectivity index (χ1v) is 13.6. The van der Waals surface area contributed by atoms with E-state index in [0.29, 0.717) is 21.7 Å². The number of allylic oxidation sites excluding steroid dienone is 2. The molecular formula is C30H52. The van der Waals surface area contributed by atoms with E-state index in [1.165, 1.54) is 70.6 Å². The van der Waals surface area contributed by atoms with Gasteiger partial charge in [-0.15, -0.1) is 0 Å². The van der Waals surface area contributed by atoms with Crippen molar-refractivity contribution >= 4 is 0 Å². The Balaban J connectivity index is 1.52. The van der Waals surface area contributed by atoms with Crippen LogP contribution < -0.4 is 0 Å². The maximum atomic E-state index is 2.77. The molecule has 3 fully saturated rings. The van der Waals surface area contributed by atoms with Gasteiger partial charge in [0.05, 0.1) is 0 Å². The molecule has 4 rings (SSSR count). The first kappa shape index (κ1) is 22.9. The minimum atomic E-state index is 0.484. The Bertz CT molecular complexity index is 664. The van der Waals surface area contributed by atoms with Crippen molar-refractivity contribution in [3.8, 4) is 0 Å². The first-order valence-electron chi connectivity index (χ1n) is 13.6. The lowest BCUT2D eigenvalue weighted by molar-refractivity contribution is -0.0578. The zero-order chi connectivity index (χ0) is 21.9. The summed E-state index contributed by atoms with van der Waals surface area (Å²) in [5.74, 6) is 4.82. The van der Waals surface area contributed by atoms with Crippen molar-refractivity contribution in [2.75, 3.05) is 0 Å². The number of fused-ring (bicyclic) bond motifs is 5. The molecule has 0 N–H and O–H groups in total. The van der Waals surface area contributed by atoms with Gasteiger partial charge in [-0.05, 0) is 115 Å². The van der Waals surface area contributed by atoms with E-state index >= 15 is 0 Å². The van der Waals surface area contributed by atoms with Crippen LogP contribution in [0.15, 0.2) is 11.6 Å². The zero-order valence-electron chi connectivity index (χ0n) is 21.7. The van der Waals surface area contributed by atoms with Crippen LogP contribution in [0.25, 0.3) is 0 Å². The second kappa shape index (κ2) is 7.66. The fourth-order valence-corrected chi connectivity index (χ4v) is 9.03. The molecule has 30 heavy (non-hydrogen) atoms. The summed E-state index contributed by atoms with van der Waals surface area (Å²) < 4.78 is 0. The Morgan fingerprint density at radius 1 is 1.00 bits per heavy atom. The minimum absolute atomic E-state index is 0.484. The summed E-state index contributed by atoms with van der Waals surface area (Å²) in [7, 11) is 0. The molecule has 4 aliphatic carbocycles. The van der Waals surface area contributed by atoms with Crippen LogP contribution in [0.3, 0.4) is 0 Å². The fourth-order valence-electron chi connectivity index (χ4n) is 9.03. The van der Waals surface area contributed by atoms with Gasteiger partial charge in [-0.25, -0.2) is 0 Å².